The summed E-state index contributed by atoms with van der Waals surface area (Å²) in [6.07, 6.45) is -0.231. The Morgan fingerprint density at radius 1 is 1.31 bits per heavy atom. The molecule has 0 aliphatic heterocycles. The lowest BCUT2D eigenvalue weighted by Gasteiger charge is -2.09. The standard InChI is InChI=1S/C10H12O3/c1-8(12-13-9(2)11)10-6-4-3-5-7-10/h3-8H,1-2H3/t8-/m0/s1. The van der Waals surface area contributed by atoms with Gasteiger partial charge in [0.2, 0.25) is 0 Å². The zero-order chi connectivity index (χ0) is 9.68. The molecule has 0 spiro atoms. The van der Waals surface area contributed by atoms with Crippen molar-refractivity contribution in [1.29, 1.82) is 0 Å². The van der Waals surface area contributed by atoms with Crippen molar-refractivity contribution in [3.63, 3.8) is 0 Å². The molecule has 0 aliphatic rings. The predicted octanol–water partition coefficient (Wildman–Crippen LogP) is 2.24. The Hall–Kier alpha value is -1.35. The summed E-state index contributed by atoms with van der Waals surface area (Å²) in [5, 5.41) is 0. The van der Waals surface area contributed by atoms with Crippen molar-refractivity contribution in [2.75, 3.05) is 0 Å². The fourth-order valence-electron chi connectivity index (χ4n) is 0.920. The van der Waals surface area contributed by atoms with Gasteiger partial charge in [-0.3, -0.25) is 4.89 Å². The molecule has 3 heteroatoms. The minimum Gasteiger partial charge on any atom is -0.298 e. The van der Waals surface area contributed by atoms with E-state index in [0.717, 1.165) is 5.56 Å². The Morgan fingerprint density at radius 2 is 1.92 bits per heavy atom. The Morgan fingerprint density at radius 3 is 2.46 bits per heavy atom. The van der Waals surface area contributed by atoms with Crippen LogP contribution >= 0.6 is 0 Å². The van der Waals surface area contributed by atoms with Crippen molar-refractivity contribution in [3.05, 3.63) is 35.9 Å². The molecule has 0 saturated carbocycles. The van der Waals surface area contributed by atoms with E-state index < -0.39 is 5.97 Å². The van der Waals surface area contributed by atoms with Gasteiger partial charge in [0.15, 0.2) is 0 Å². The highest BCUT2D eigenvalue weighted by Gasteiger charge is 2.06. The summed E-state index contributed by atoms with van der Waals surface area (Å²) < 4.78 is 0. The van der Waals surface area contributed by atoms with Crippen molar-refractivity contribution in [3.8, 4) is 0 Å². The fourth-order valence-corrected chi connectivity index (χ4v) is 0.920. The van der Waals surface area contributed by atoms with Crippen molar-refractivity contribution in [2.24, 2.45) is 0 Å². The van der Waals surface area contributed by atoms with E-state index in [4.69, 9.17) is 4.89 Å². The quantitative estimate of drug-likeness (QED) is 0.528. The lowest BCUT2D eigenvalue weighted by molar-refractivity contribution is -0.295. The van der Waals surface area contributed by atoms with Crippen LogP contribution in [0.5, 0.6) is 0 Å². The van der Waals surface area contributed by atoms with Crippen LogP contribution in [0.25, 0.3) is 0 Å². The predicted molar refractivity (Wildman–Crippen MR) is 47.7 cm³/mol. The molecule has 0 radical (unpaired) electrons. The maximum Gasteiger partial charge on any atom is 0.339 e. The molecule has 0 aromatic heterocycles. The van der Waals surface area contributed by atoms with Crippen molar-refractivity contribution >= 4 is 5.97 Å². The lowest BCUT2D eigenvalue weighted by Crippen LogP contribution is -2.04. The molecule has 1 aromatic rings. The maximum absolute atomic E-state index is 10.4. The van der Waals surface area contributed by atoms with Gasteiger partial charge in [0.25, 0.3) is 0 Å². The molecule has 0 bridgehead atoms. The summed E-state index contributed by atoms with van der Waals surface area (Å²) in [4.78, 5) is 19.7. The van der Waals surface area contributed by atoms with E-state index in [1.54, 1.807) is 0 Å². The van der Waals surface area contributed by atoms with Gasteiger partial charge in [0.05, 0.1) is 0 Å². The molecule has 0 heterocycles. The number of rotatable bonds is 3. The zero-order valence-electron chi connectivity index (χ0n) is 7.69. The number of carbonyl (C=O) groups excluding carboxylic acids is 1. The lowest BCUT2D eigenvalue weighted by atomic mass is 10.1. The molecule has 0 amide bonds. The highest BCUT2D eigenvalue weighted by atomic mass is 17.2. The molecule has 3 nitrogen and oxygen atoms in total. The third-order valence-corrected chi connectivity index (χ3v) is 1.58. The molecular weight excluding hydrogens is 168 g/mol. The number of carbonyl (C=O) groups is 1. The number of hydrogen-bond acceptors (Lipinski definition) is 3. The van der Waals surface area contributed by atoms with Crippen LogP contribution in [0.4, 0.5) is 0 Å². The van der Waals surface area contributed by atoms with Gasteiger partial charge < -0.3 is 0 Å². The van der Waals surface area contributed by atoms with Crippen molar-refractivity contribution in [1.82, 2.24) is 0 Å². The minimum absolute atomic E-state index is 0.231. The molecule has 1 atom stereocenters. The van der Waals surface area contributed by atoms with Crippen LogP contribution in [-0.2, 0) is 14.6 Å². The molecule has 0 N–H and O–H groups in total. The van der Waals surface area contributed by atoms with Gasteiger partial charge >= 0.3 is 5.97 Å². The van der Waals surface area contributed by atoms with Gasteiger partial charge in [-0.25, -0.2) is 4.79 Å². The van der Waals surface area contributed by atoms with Crippen molar-refractivity contribution < 1.29 is 14.6 Å². The van der Waals surface area contributed by atoms with E-state index >= 15 is 0 Å². The maximum atomic E-state index is 10.4. The molecular formula is C10H12O3. The smallest absolute Gasteiger partial charge is 0.298 e. The summed E-state index contributed by atoms with van der Waals surface area (Å²) in [7, 11) is 0. The van der Waals surface area contributed by atoms with E-state index in [9.17, 15) is 4.79 Å². The first kappa shape index (κ1) is 9.74. The van der Waals surface area contributed by atoms with Crippen LogP contribution < -0.4 is 0 Å². The molecule has 1 rings (SSSR count). The third-order valence-electron chi connectivity index (χ3n) is 1.58. The topological polar surface area (TPSA) is 35.5 Å². The monoisotopic (exact) mass is 180 g/mol. The van der Waals surface area contributed by atoms with Crippen LogP contribution in [0, 0.1) is 0 Å². The zero-order valence-corrected chi connectivity index (χ0v) is 7.69. The average molecular weight is 180 g/mol. The van der Waals surface area contributed by atoms with Gasteiger partial charge in [-0.05, 0) is 12.5 Å². The Balaban J connectivity index is 2.49. The average Bonchev–Trinajstić information content (AvgIpc) is 2.15. The van der Waals surface area contributed by atoms with Crippen molar-refractivity contribution in [2.45, 2.75) is 20.0 Å². The summed E-state index contributed by atoms with van der Waals surface area (Å²) in [5.41, 5.74) is 0.976. The van der Waals surface area contributed by atoms with Gasteiger partial charge in [0, 0.05) is 6.92 Å². The van der Waals surface area contributed by atoms with Gasteiger partial charge in [0.1, 0.15) is 6.10 Å². The minimum atomic E-state index is -0.442. The Bertz CT molecular complexity index is 269. The summed E-state index contributed by atoms with van der Waals surface area (Å²) >= 11 is 0. The SMILES string of the molecule is CC(=O)OO[C@@H](C)c1ccccc1. The normalized spacial score (nSPS) is 12.2. The molecule has 70 valence electrons. The van der Waals surface area contributed by atoms with Crippen LogP contribution in [0.3, 0.4) is 0 Å². The van der Waals surface area contributed by atoms with E-state index in [1.807, 2.05) is 37.3 Å². The van der Waals surface area contributed by atoms with Crippen LogP contribution in [-0.4, -0.2) is 5.97 Å². The highest BCUT2D eigenvalue weighted by molar-refractivity contribution is 5.65. The van der Waals surface area contributed by atoms with Gasteiger partial charge in [-0.15, -0.1) is 0 Å². The molecule has 0 saturated heterocycles. The van der Waals surface area contributed by atoms with E-state index in [1.165, 1.54) is 6.92 Å². The van der Waals surface area contributed by atoms with Gasteiger partial charge in [-0.1, -0.05) is 30.3 Å². The first-order chi connectivity index (χ1) is 6.20. The molecule has 0 aliphatic carbocycles. The Kier molecular flexibility index (Phi) is 3.46. The first-order valence-electron chi connectivity index (χ1n) is 4.09. The highest BCUT2D eigenvalue weighted by Crippen LogP contribution is 2.15. The summed E-state index contributed by atoms with van der Waals surface area (Å²) in [5.74, 6) is -0.442. The van der Waals surface area contributed by atoms with Crippen LogP contribution in [0.1, 0.15) is 25.5 Å². The van der Waals surface area contributed by atoms with E-state index in [0.29, 0.717) is 0 Å². The van der Waals surface area contributed by atoms with E-state index in [-0.39, 0.29) is 6.10 Å². The molecule has 0 unspecified atom stereocenters. The molecule has 1 aromatic carbocycles. The second-order valence-corrected chi connectivity index (χ2v) is 2.72. The fraction of sp³-hybridized carbons (Fsp3) is 0.300. The molecule has 13 heavy (non-hydrogen) atoms. The van der Waals surface area contributed by atoms with Gasteiger partial charge in [-0.2, -0.15) is 4.89 Å². The number of hydrogen-bond donors (Lipinski definition) is 0. The Labute approximate surface area is 77.2 Å². The molecule has 0 fully saturated rings. The largest absolute Gasteiger partial charge is 0.339 e. The first-order valence-corrected chi connectivity index (χ1v) is 4.09. The number of benzene rings is 1. The van der Waals surface area contributed by atoms with Crippen LogP contribution in [0.15, 0.2) is 30.3 Å². The second kappa shape index (κ2) is 4.62. The van der Waals surface area contributed by atoms with Crippen LogP contribution in [0.2, 0.25) is 0 Å². The summed E-state index contributed by atoms with van der Waals surface area (Å²) in [6, 6.07) is 9.55. The second-order valence-electron chi connectivity index (χ2n) is 2.72. The summed E-state index contributed by atoms with van der Waals surface area (Å²) in [6.45, 7) is 3.12. The van der Waals surface area contributed by atoms with E-state index in [2.05, 4.69) is 4.89 Å². The third kappa shape index (κ3) is 3.25.